The van der Waals surface area contributed by atoms with Gasteiger partial charge in [-0.05, 0) is 37.8 Å². The Hall–Kier alpha value is -1.81. The summed E-state index contributed by atoms with van der Waals surface area (Å²) in [6.45, 7) is 4.40. The number of para-hydroxylation sites is 1. The van der Waals surface area contributed by atoms with Crippen LogP contribution >= 0.6 is 0 Å². The molecule has 112 valence electrons. The number of ether oxygens (including phenoxy) is 1. The van der Waals surface area contributed by atoms with Crippen molar-refractivity contribution in [3.63, 3.8) is 0 Å². The summed E-state index contributed by atoms with van der Waals surface area (Å²) in [6, 6.07) is 6.37. The van der Waals surface area contributed by atoms with E-state index in [2.05, 4.69) is 22.8 Å². The van der Waals surface area contributed by atoms with E-state index >= 15 is 0 Å². The van der Waals surface area contributed by atoms with E-state index in [1.165, 1.54) is 11.1 Å². The van der Waals surface area contributed by atoms with E-state index in [4.69, 9.17) is 4.74 Å². The molecule has 21 heavy (non-hydrogen) atoms. The van der Waals surface area contributed by atoms with Gasteiger partial charge in [0.1, 0.15) is 0 Å². The van der Waals surface area contributed by atoms with Gasteiger partial charge in [0, 0.05) is 11.1 Å². The van der Waals surface area contributed by atoms with Crippen molar-refractivity contribution in [3.8, 4) is 0 Å². The van der Waals surface area contributed by atoms with Crippen LogP contribution in [0.15, 0.2) is 18.2 Å². The number of nitrogens with zero attached hydrogens (tertiary/aromatic N) is 1. The quantitative estimate of drug-likeness (QED) is 0.879. The summed E-state index contributed by atoms with van der Waals surface area (Å²) < 4.78 is 7.31. The lowest BCUT2D eigenvalue weighted by Crippen LogP contribution is -2.20. The molecule has 0 aliphatic carbocycles. The predicted molar refractivity (Wildman–Crippen MR) is 81.5 cm³/mol. The van der Waals surface area contributed by atoms with E-state index in [9.17, 15) is 9.90 Å². The molecule has 0 saturated carbocycles. The summed E-state index contributed by atoms with van der Waals surface area (Å²) in [7, 11) is 0. The molecule has 3 rings (SSSR count). The maximum Gasteiger partial charge on any atom is 0.310 e. The van der Waals surface area contributed by atoms with Crippen molar-refractivity contribution in [1.29, 1.82) is 0 Å². The number of benzene rings is 1. The molecule has 4 nitrogen and oxygen atoms in total. The second kappa shape index (κ2) is 5.53. The third kappa shape index (κ3) is 2.23. The van der Waals surface area contributed by atoms with Crippen LogP contribution in [0.5, 0.6) is 0 Å². The van der Waals surface area contributed by atoms with E-state index in [1.807, 2.05) is 13.8 Å². The number of aromatic nitrogens is 1. The number of aryl methyl sites for hydroxylation is 1. The molecule has 1 atom stereocenters. The van der Waals surface area contributed by atoms with Crippen molar-refractivity contribution < 1.29 is 14.6 Å². The zero-order chi connectivity index (χ0) is 15.0. The predicted octanol–water partition coefficient (Wildman–Crippen LogP) is 2.53. The normalized spacial score (nSPS) is 17.2. The molecule has 2 aromatic rings. The highest BCUT2D eigenvalue weighted by atomic mass is 16.5. The highest BCUT2D eigenvalue weighted by Gasteiger charge is 2.26. The van der Waals surface area contributed by atoms with Gasteiger partial charge in [-0.2, -0.15) is 0 Å². The maximum absolute atomic E-state index is 11.9. The minimum Gasteiger partial charge on any atom is -0.466 e. The third-order valence-corrected chi connectivity index (χ3v) is 4.43. The van der Waals surface area contributed by atoms with Gasteiger partial charge in [0.2, 0.25) is 0 Å². The Morgan fingerprint density at radius 2 is 2.29 bits per heavy atom. The second-order valence-electron chi connectivity index (χ2n) is 5.60. The summed E-state index contributed by atoms with van der Waals surface area (Å²) in [5, 5.41) is 10.8. The molecular weight excluding hydrogens is 266 g/mol. The molecule has 1 aliphatic rings. The number of carbonyl (C=O) groups excluding carboxylic acids is 1. The van der Waals surface area contributed by atoms with Crippen LogP contribution < -0.4 is 0 Å². The van der Waals surface area contributed by atoms with Crippen LogP contribution in [0.4, 0.5) is 0 Å². The Morgan fingerprint density at radius 3 is 3.00 bits per heavy atom. The van der Waals surface area contributed by atoms with E-state index in [0.29, 0.717) is 13.0 Å². The van der Waals surface area contributed by atoms with Gasteiger partial charge in [-0.25, -0.2) is 0 Å². The molecule has 2 heterocycles. The van der Waals surface area contributed by atoms with Crippen molar-refractivity contribution in [3.05, 3.63) is 35.0 Å². The zero-order valence-electron chi connectivity index (χ0n) is 12.6. The number of hydrogen-bond donors (Lipinski definition) is 1. The van der Waals surface area contributed by atoms with Crippen LogP contribution in [0.1, 0.15) is 36.2 Å². The number of aliphatic hydroxyl groups is 1. The van der Waals surface area contributed by atoms with Gasteiger partial charge in [0.15, 0.2) is 0 Å². The van der Waals surface area contributed by atoms with Gasteiger partial charge in [-0.15, -0.1) is 0 Å². The standard InChI is InChI=1S/C17H21NO3/c1-3-21-16(20)9-15-11(2)18-13(10-19)8-7-12-5-4-6-14(15)17(12)18/h4-6,13,19H,3,7-10H2,1-2H3. The monoisotopic (exact) mass is 287 g/mol. The Kier molecular flexibility index (Phi) is 3.72. The molecule has 0 bridgehead atoms. The fraction of sp³-hybridized carbons (Fsp3) is 0.471. The molecule has 1 aromatic heterocycles. The van der Waals surface area contributed by atoms with Crippen LogP contribution in [0.2, 0.25) is 0 Å². The summed E-state index contributed by atoms with van der Waals surface area (Å²) in [6.07, 6.45) is 2.21. The summed E-state index contributed by atoms with van der Waals surface area (Å²) in [4.78, 5) is 11.9. The Labute approximate surface area is 124 Å². The van der Waals surface area contributed by atoms with Crippen LogP contribution in [-0.2, 0) is 22.4 Å². The van der Waals surface area contributed by atoms with Crippen molar-refractivity contribution in [2.75, 3.05) is 13.2 Å². The molecule has 1 unspecified atom stereocenters. The average Bonchev–Trinajstić information content (AvgIpc) is 2.76. The molecule has 0 saturated heterocycles. The number of carbonyl (C=O) groups is 1. The highest BCUT2D eigenvalue weighted by molar-refractivity contribution is 5.92. The smallest absolute Gasteiger partial charge is 0.310 e. The second-order valence-corrected chi connectivity index (χ2v) is 5.60. The SMILES string of the molecule is CCOC(=O)Cc1c(C)n2c3c(cccc13)CCC2CO. The summed E-state index contributed by atoms with van der Waals surface area (Å²) in [5.74, 6) is -0.190. The zero-order valence-corrected chi connectivity index (χ0v) is 12.6. The fourth-order valence-corrected chi connectivity index (χ4v) is 3.49. The van der Waals surface area contributed by atoms with Crippen molar-refractivity contribution in [2.45, 2.75) is 39.2 Å². The third-order valence-electron chi connectivity index (χ3n) is 4.43. The first-order valence-electron chi connectivity index (χ1n) is 7.55. The summed E-state index contributed by atoms with van der Waals surface area (Å²) in [5.41, 5.74) is 4.59. The van der Waals surface area contributed by atoms with Gasteiger partial charge in [-0.3, -0.25) is 4.79 Å². The van der Waals surface area contributed by atoms with Crippen LogP contribution in [0.25, 0.3) is 10.9 Å². The van der Waals surface area contributed by atoms with Crippen LogP contribution in [0.3, 0.4) is 0 Å². The molecule has 1 N–H and O–H groups in total. The van der Waals surface area contributed by atoms with Gasteiger partial charge < -0.3 is 14.4 Å². The molecule has 0 radical (unpaired) electrons. The van der Waals surface area contributed by atoms with Gasteiger partial charge in [-0.1, -0.05) is 18.2 Å². The van der Waals surface area contributed by atoms with Crippen LogP contribution in [0, 0.1) is 6.92 Å². The molecule has 0 fully saturated rings. The molecule has 4 heteroatoms. The highest BCUT2D eigenvalue weighted by Crippen LogP contribution is 2.37. The van der Waals surface area contributed by atoms with Crippen LogP contribution in [-0.4, -0.2) is 28.9 Å². The topological polar surface area (TPSA) is 51.5 Å². The summed E-state index contributed by atoms with van der Waals surface area (Å²) >= 11 is 0. The molecule has 1 aliphatic heterocycles. The Morgan fingerprint density at radius 1 is 1.48 bits per heavy atom. The molecule has 1 aromatic carbocycles. The molecule has 0 amide bonds. The lowest BCUT2D eigenvalue weighted by molar-refractivity contribution is -0.142. The van der Waals surface area contributed by atoms with Gasteiger partial charge in [0.05, 0.1) is 31.2 Å². The minimum absolute atomic E-state index is 0.110. The number of rotatable bonds is 4. The van der Waals surface area contributed by atoms with Crippen molar-refractivity contribution >= 4 is 16.9 Å². The van der Waals surface area contributed by atoms with E-state index in [0.717, 1.165) is 29.5 Å². The lowest BCUT2D eigenvalue weighted by atomic mass is 9.98. The lowest BCUT2D eigenvalue weighted by Gasteiger charge is -2.25. The van der Waals surface area contributed by atoms with E-state index in [-0.39, 0.29) is 18.6 Å². The minimum atomic E-state index is -0.190. The van der Waals surface area contributed by atoms with Gasteiger partial charge in [0.25, 0.3) is 0 Å². The maximum atomic E-state index is 11.9. The number of hydrogen-bond acceptors (Lipinski definition) is 3. The Bertz CT molecular complexity index is 687. The van der Waals surface area contributed by atoms with E-state index < -0.39 is 0 Å². The number of esters is 1. The Balaban J connectivity index is 2.16. The first-order valence-corrected chi connectivity index (χ1v) is 7.55. The van der Waals surface area contributed by atoms with Crippen molar-refractivity contribution in [1.82, 2.24) is 4.57 Å². The number of aliphatic hydroxyl groups excluding tert-OH is 1. The van der Waals surface area contributed by atoms with Crippen molar-refractivity contribution in [2.24, 2.45) is 0 Å². The van der Waals surface area contributed by atoms with E-state index in [1.54, 1.807) is 0 Å². The fourth-order valence-electron chi connectivity index (χ4n) is 3.49. The largest absolute Gasteiger partial charge is 0.466 e. The van der Waals surface area contributed by atoms with Gasteiger partial charge >= 0.3 is 5.97 Å². The average molecular weight is 287 g/mol. The molecule has 0 spiro atoms. The first kappa shape index (κ1) is 14.1. The molecular formula is C17H21NO3. The first-order chi connectivity index (χ1) is 10.2.